The third-order valence-electron chi connectivity index (χ3n) is 2.94. The van der Waals surface area contributed by atoms with Gasteiger partial charge in [-0.05, 0) is 24.7 Å². The van der Waals surface area contributed by atoms with E-state index in [0.29, 0.717) is 23.5 Å². The van der Waals surface area contributed by atoms with E-state index < -0.39 is 0 Å². The van der Waals surface area contributed by atoms with Gasteiger partial charge in [-0.3, -0.25) is 4.79 Å². The molecule has 0 spiro atoms. The summed E-state index contributed by atoms with van der Waals surface area (Å²) < 4.78 is 15.4. The van der Waals surface area contributed by atoms with Crippen LogP contribution in [-0.2, 0) is 6.54 Å². The molecule has 1 amide bonds. The highest BCUT2D eigenvalue weighted by molar-refractivity contribution is 5.91. The molecule has 0 unspecified atom stereocenters. The van der Waals surface area contributed by atoms with Gasteiger partial charge in [0.05, 0.1) is 5.69 Å². The molecule has 2 rings (SSSR count). The molecule has 0 aliphatic rings. The standard InChI is InChI=1S/C14H17FN4O/c1-3-17-9-10-11(15)5-4-6-13(10)19-8-7-12(18-19)14(20)16-2/h4-8,17H,3,9H2,1-2H3,(H,16,20). The van der Waals surface area contributed by atoms with Crippen LogP contribution in [0.4, 0.5) is 4.39 Å². The van der Waals surface area contributed by atoms with E-state index in [-0.39, 0.29) is 11.7 Å². The Morgan fingerprint density at radius 3 is 2.90 bits per heavy atom. The smallest absolute Gasteiger partial charge is 0.271 e. The van der Waals surface area contributed by atoms with Crippen molar-refractivity contribution in [2.24, 2.45) is 0 Å². The zero-order valence-electron chi connectivity index (χ0n) is 11.5. The van der Waals surface area contributed by atoms with Crippen molar-refractivity contribution >= 4 is 5.91 Å². The van der Waals surface area contributed by atoms with Crippen LogP contribution in [0, 0.1) is 5.82 Å². The first-order valence-electron chi connectivity index (χ1n) is 6.43. The highest BCUT2D eigenvalue weighted by Gasteiger charge is 2.13. The number of carbonyl (C=O) groups is 1. The summed E-state index contributed by atoms with van der Waals surface area (Å²) in [5.41, 5.74) is 1.45. The molecule has 0 fully saturated rings. The number of carbonyl (C=O) groups excluding carboxylic acids is 1. The van der Waals surface area contributed by atoms with Crippen LogP contribution in [0.5, 0.6) is 0 Å². The van der Waals surface area contributed by atoms with Crippen LogP contribution in [0.15, 0.2) is 30.5 Å². The fourth-order valence-corrected chi connectivity index (χ4v) is 1.89. The van der Waals surface area contributed by atoms with Crippen molar-refractivity contribution in [3.8, 4) is 5.69 Å². The van der Waals surface area contributed by atoms with E-state index in [0.717, 1.165) is 6.54 Å². The first kappa shape index (κ1) is 14.2. The van der Waals surface area contributed by atoms with E-state index >= 15 is 0 Å². The maximum absolute atomic E-state index is 13.9. The van der Waals surface area contributed by atoms with Gasteiger partial charge in [0, 0.05) is 25.4 Å². The van der Waals surface area contributed by atoms with Crippen molar-refractivity contribution < 1.29 is 9.18 Å². The van der Waals surface area contributed by atoms with Gasteiger partial charge in [0.2, 0.25) is 0 Å². The number of benzene rings is 1. The van der Waals surface area contributed by atoms with Crippen LogP contribution in [0.1, 0.15) is 23.0 Å². The highest BCUT2D eigenvalue weighted by Crippen LogP contribution is 2.17. The Bertz CT molecular complexity index is 609. The summed E-state index contributed by atoms with van der Waals surface area (Å²) in [6, 6.07) is 6.41. The van der Waals surface area contributed by atoms with Gasteiger partial charge in [0.25, 0.3) is 5.91 Å². The summed E-state index contributed by atoms with van der Waals surface area (Å²) in [6.45, 7) is 3.11. The Morgan fingerprint density at radius 1 is 1.40 bits per heavy atom. The Labute approximate surface area is 116 Å². The lowest BCUT2D eigenvalue weighted by Gasteiger charge is -2.11. The Balaban J connectivity index is 2.39. The molecule has 0 aliphatic heterocycles. The number of halogens is 1. The number of amides is 1. The summed E-state index contributed by atoms with van der Waals surface area (Å²) in [6.07, 6.45) is 1.65. The molecule has 0 aliphatic carbocycles. The normalized spacial score (nSPS) is 10.6. The minimum absolute atomic E-state index is 0.270. The zero-order chi connectivity index (χ0) is 14.5. The Morgan fingerprint density at radius 2 is 2.20 bits per heavy atom. The van der Waals surface area contributed by atoms with Gasteiger partial charge in [-0.15, -0.1) is 0 Å². The van der Waals surface area contributed by atoms with Crippen LogP contribution >= 0.6 is 0 Å². The van der Waals surface area contributed by atoms with Crippen molar-refractivity contribution in [1.82, 2.24) is 20.4 Å². The molecule has 1 aromatic carbocycles. The minimum Gasteiger partial charge on any atom is -0.354 e. The summed E-state index contributed by atoms with van der Waals surface area (Å²) in [5.74, 6) is -0.561. The average molecular weight is 276 g/mol. The predicted molar refractivity (Wildman–Crippen MR) is 74.3 cm³/mol. The van der Waals surface area contributed by atoms with Crippen LogP contribution in [0.3, 0.4) is 0 Å². The third-order valence-corrected chi connectivity index (χ3v) is 2.94. The topological polar surface area (TPSA) is 59.0 Å². The first-order chi connectivity index (χ1) is 9.67. The lowest BCUT2D eigenvalue weighted by atomic mass is 10.1. The molecule has 0 saturated carbocycles. The molecule has 1 heterocycles. The molecule has 0 bridgehead atoms. The summed E-state index contributed by atoms with van der Waals surface area (Å²) in [4.78, 5) is 11.5. The molecule has 2 N–H and O–H groups in total. The average Bonchev–Trinajstić information content (AvgIpc) is 2.94. The lowest BCUT2D eigenvalue weighted by Crippen LogP contribution is -2.19. The maximum atomic E-state index is 13.9. The summed E-state index contributed by atoms with van der Waals surface area (Å²) in [7, 11) is 1.54. The number of nitrogens with zero attached hydrogens (tertiary/aromatic N) is 2. The molecule has 5 nitrogen and oxygen atoms in total. The third kappa shape index (κ3) is 2.85. The monoisotopic (exact) mass is 276 g/mol. The van der Waals surface area contributed by atoms with Gasteiger partial charge >= 0.3 is 0 Å². The van der Waals surface area contributed by atoms with Crippen molar-refractivity contribution in [1.29, 1.82) is 0 Å². The van der Waals surface area contributed by atoms with E-state index in [4.69, 9.17) is 0 Å². The maximum Gasteiger partial charge on any atom is 0.271 e. The largest absolute Gasteiger partial charge is 0.354 e. The van der Waals surface area contributed by atoms with Gasteiger partial charge in [-0.25, -0.2) is 9.07 Å². The van der Waals surface area contributed by atoms with Crippen LogP contribution in [0.2, 0.25) is 0 Å². The number of rotatable bonds is 5. The van der Waals surface area contributed by atoms with Crippen LogP contribution < -0.4 is 10.6 Å². The molecular formula is C14H17FN4O. The van der Waals surface area contributed by atoms with Crippen molar-refractivity contribution in [3.63, 3.8) is 0 Å². The molecule has 6 heteroatoms. The van der Waals surface area contributed by atoms with Crippen molar-refractivity contribution in [3.05, 3.63) is 47.5 Å². The number of aromatic nitrogens is 2. The van der Waals surface area contributed by atoms with Gasteiger partial charge < -0.3 is 10.6 Å². The molecule has 2 aromatic rings. The quantitative estimate of drug-likeness (QED) is 0.869. The highest BCUT2D eigenvalue weighted by atomic mass is 19.1. The summed E-state index contributed by atoms with van der Waals surface area (Å²) in [5, 5.41) is 9.77. The van der Waals surface area contributed by atoms with E-state index in [1.165, 1.54) is 10.7 Å². The SMILES string of the molecule is CCNCc1c(F)cccc1-n1ccc(C(=O)NC)n1. The second kappa shape index (κ2) is 6.29. The van der Waals surface area contributed by atoms with E-state index in [9.17, 15) is 9.18 Å². The Kier molecular flexibility index (Phi) is 4.47. The fourth-order valence-electron chi connectivity index (χ4n) is 1.89. The molecule has 0 radical (unpaired) electrons. The Hall–Kier alpha value is -2.21. The lowest BCUT2D eigenvalue weighted by molar-refractivity contribution is 0.0957. The second-order valence-corrected chi connectivity index (χ2v) is 4.24. The van der Waals surface area contributed by atoms with Gasteiger partial charge in [-0.1, -0.05) is 13.0 Å². The molecule has 0 saturated heterocycles. The van der Waals surface area contributed by atoms with Crippen LogP contribution in [-0.4, -0.2) is 29.3 Å². The van der Waals surface area contributed by atoms with E-state index in [1.54, 1.807) is 31.4 Å². The molecule has 0 atom stereocenters. The number of hydrogen-bond acceptors (Lipinski definition) is 3. The first-order valence-corrected chi connectivity index (χ1v) is 6.43. The molecule has 1 aromatic heterocycles. The van der Waals surface area contributed by atoms with Crippen molar-refractivity contribution in [2.45, 2.75) is 13.5 Å². The molecule has 20 heavy (non-hydrogen) atoms. The minimum atomic E-state index is -0.291. The van der Waals surface area contributed by atoms with Gasteiger partial charge in [-0.2, -0.15) is 5.10 Å². The predicted octanol–water partition coefficient (Wildman–Crippen LogP) is 1.48. The number of nitrogens with one attached hydrogen (secondary N) is 2. The molecular weight excluding hydrogens is 259 g/mol. The van der Waals surface area contributed by atoms with Gasteiger partial charge in [0.15, 0.2) is 5.69 Å². The number of hydrogen-bond donors (Lipinski definition) is 2. The second-order valence-electron chi connectivity index (χ2n) is 4.24. The fraction of sp³-hybridized carbons (Fsp3) is 0.286. The van der Waals surface area contributed by atoms with E-state index in [2.05, 4.69) is 15.7 Å². The van der Waals surface area contributed by atoms with Gasteiger partial charge in [0.1, 0.15) is 5.82 Å². The van der Waals surface area contributed by atoms with Crippen molar-refractivity contribution in [2.75, 3.05) is 13.6 Å². The summed E-state index contributed by atoms with van der Waals surface area (Å²) >= 11 is 0. The van der Waals surface area contributed by atoms with Crippen LogP contribution in [0.25, 0.3) is 5.69 Å². The van der Waals surface area contributed by atoms with E-state index in [1.807, 2.05) is 6.92 Å². The molecule has 106 valence electrons. The zero-order valence-corrected chi connectivity index (χ0v) is 11.5.